The van der Waals surface area contributed by atoms with Gasteiger partial charge in [0.2, 0.25) is 0 Å². The van der Waals surface area contributed by atoms with Gasteiger partial charge in [0.05, 0.1) is 0 Å². The summed E-state index contributed by atoms with van der Waals surface area (Å²) in [6.45, 7) is 4.20. The zero-order chi connectivity index (χ0) is 6.74. The van der Waals surface area contributed by atoms with Crippen LogP contribution >= 0.6 is 15.9 Å². The molecule has 1 rings (SSSR count). The lowest BCUT2D eigenvalue weighted by molar-refractivity contribution is 0.291. The molecule has 0 amide bonds. The van der Waals surface area contributed by atoms with Crippen LogP contribution in [0, 0.1) is 12.3 Å². The Morgan fingerprint density at radius 3 is 2.11 bits per heavy atom. The molecule has 9 heavy (non-hydrogen) atoms. The monoisotopic (exact) mass is 189 g/mol. The molecule has 0 spiro atoms. The van der Waals surface area contributed by atoms with E-state index in [-0.39, 0.29) is 0 Å². The molecule has 0 unspecified atom stereocenters. The van der Waals surface area contributed by atoms with Crippen molar-refractivity contribution in [3.63, 3.8) is 0 Å². The van der Waals surface area contributed by atoms with Crippen molar-refractivity contribution in [3.8, 4) is 0 Å². The fraction of sp³-hybridized carbons (Fsp3) is 0.875. The van der Waals surface area contributed by atoms with Crippen molar-refractivity contribution in [2.45, 2.75) is 32.1 Å². The highest BCUT2D eigenvalue weighted by atomic mass is 79.9. The van der Waals surface area contributed by atoms with Crippen molar-refractivity contribution >= 4 is 15.9 Å². The summed E-state index contributed by atoms with van der Waals surface area (Å²) in [5.74, 6) is 0. The van der Waals surface area contributed by atoms with Crippen LogP contribution in [0.4, 0.5) is 0 Å². The number of alkyl halides is 1. The third kappa shape index (κ3) is 1.96. The Balaban J connectivity index is 2.37. The van der Waals surface area contributed by atoms with Crippen LogP contribution in [0.2, 0.25) is 0 Å². The molecule has 1 aliphatic rings. The summed E-state index contributed by atoms with van der Waals surface area (Å²) in [6, 6.07) is 0. The van der Waals surface area contributed by atoms with Crippen LogP contribution in [0.25, 0.3) is 0 Å². The van der Waals surface area contributed by atoms with Crippen LogP contribution in [0.5, 0.6) is 0 Å². The van der Waals surface area contributed by atoms with Gasteiger partial charge in [-0.05, 0) is 25.2 Å². The average molecular weight is 190 g/mol. The minimum Gasteiger partial charge on any atom is -0.0922 e. The van der Waals surface area contributed by atoms with Gasteiger partial charge in [-0.1, -0.05) is 35.2 Å². The summed E-state index contributed by atoms with van der Waals surface area (Å²) in [6.07, 6.45) is 6.82. The molecule has 1 aliphatic carbocycles. The molecule has 1 saturated carbocycles. The lowest BCUT2D eigenvalue weighted by atomic mass is 9.78. The second-order valence-corrected chi connectivity index (χ2v) is 3.76. The molecule has 0 nitrogen and oxygen atoms in total. The first-order valence-electron chi connectivity index (χ1n) is 3.68. The summed E-state index contributed by atoms with van der Waals surface area (Å²) in [4.78, 5) is 0. The van der Waals surface area contributed by atoms with Crippen molar-refractivity contribution in [2.24, 2.45) is 5.41 Å². The molecular formula is C8H14Br. The molecule has 1 heteroatoms. The Bertz CT molecular complexity index is 82.6. The minimum atomic E-state index is 0.387. The van der Waals surface area contributed by atoms with Gasteiger partial charge >= 0.3 is 0 Å². The summed E-state index contributed by atoms with van der Waals surface area (Å²) in [5, 5.41) is 1.08. The molecule has 1 radical (unpaired) electrons. The molecule has 0 saturated heterocycles. The standard InChI is InChI=1S/C8H14Br/c1-8(7-9)5-3-2-4-6-8/h1-7H2. The molecule has 0 aliphatic heterocycles. The van der Waals surface area contributed by atoms with Gasteiger partial charge in [-0.2, -0.15) is 0 Å². The number of hydrogen-bond acceptors (Lipinski definition) is 0. The second-order valence-electron chi connectivity index (χ2n) is 3.19. The van der Waals surface area contributed by atoms with Gasteiger partial charge in [0.25, 0.3) is 0 Å². The number of halogens is 1. The van der Waals surface area contributed by atoms with Crippen molar-refractivity contribution in [2.75, 3.05) is 5.33 Å². The smallest absolute Gasteiger partial charge is 0.00879 e. The fourth-order valence-corrected chi connectivity index (χ4v) is 2.00. The van der Waals surface area contributed by atoms with Crippen LogP contribution < -0.4 is 0 Å². The average Bonchev–Trinajstić information content (AvgIpc) is 1.90. The fourth-order valence-electron chi connectivity index (χ4n) is 1.44. The highest BCUT2D eigenvalue weighted by Crippen LogP contribution is 2.36. The van der Waals surface area contributed by atoms with E-state index in [1.165, 1.54) is 32.1 Å². The van der Waals surface area contributed by atoms with Gasteiger partial charge < -0.3 is 0 Å². The summed E-state index contributed by atoms with van der Waals surface area (Å²) in [5.41, 5.74) is 0.387. The summed E-state index contributed by atoms with van der Waals surface area (Å²) >= 11 is 3.50. The zero-order valence-corrected chi connectivity index (χ0v) is 7.41. The Morgan fingerprint density at radius 1 is 1.22 bits per heavy atom. The summed E-state index contributed by atoms with van der Waals surface area (Å²) in [7, 11) is 0. The topological polar surface area (TPSA) is 0 Å². The number of hydrogen-bond donors (Lipinski definition) is 0. The largest absolute Gasteiger partial charge is 0.0922 e. The van der Waals surface area contributed by atoms with Crippen molar-refractivity contribution in [1.29, 1.82) is 0 Å². The Hall–Kier alpha value is 0.480. The van der Waals surface area contributed by atoms with E-state index in [0.29, 0.717) is 5.41 Å². The molecule has 0 aromatic carbocycles. The van der Waals surface area contributed by atoms with E-state index in [9.17, 15) is 0 Å². The highest BCUT2D eigenvalue weighted by Gasteiger charge is 2.24. The van der Waals surface area contributed by atoms with Crippen LogP contribution in [-0.2, 0) is 0 Å². The minimum absolute atomic E-state index is 0.387. The predicted molar refractivity (Wildman–Crippen MR) is 44.7 cm³/mol. The van der Waals surface area contributed by atoms with Crippen LogP contribution in [0.3, 0.4) is 0 Å². The van der Waals surface area contributed by atoms with Gasteiger partial charge in [-0.15, -0.1) is 0 Å². The Morgan fingerprint density at radius 2 is 1.78 bits per heavy atom. The highest BCUT2D eigenvalue weighted by molar-refractivity contribution is 9.09. The maximum atomic E-state index is 4.20. The van der Waals surface area contributed by atoms with Crippen LogP contribution in [0.15, 0.2) is 0 Å². The molecule has 0 aromatic heterocycles. The van der Waals surface area contributed by atoms with Crippen LogP contribution in [-0.4, -0.2) is 5.33 Å². The third-order valence-corrected chi connectivity index (χ3v) is 3.39. The predicted octanol–water partition coefficient (Wildman–Crippen LogP) is 3.17. The molecule has 0 heterocycles. The van der Waals surface area contributed by atoms with Gasteiger partial charge in [0.15, 0.2) is 0 Å². The SMILES string of the molecule is [CH2]C1(CBr)CCCCC1. The number of rotatable bonds is 1. The van der Waals surface area contributed by atoms with Gasteiger partial charge in [0.1, 0.15) is 0 Å². The molecule has 0 N–H and O–H groups in total. The first-order valence-corrected chi connectivity index (χ1v) is 4.80. The van der Waals surface area contributed by atoms with Gasteiger partial charge in [0, 0.05) is 5.33 Å². The van der Waals surface area contributed by atoms with E-state index in [1.54, 1.807) is 0 Å². The van der Waals surface area contributed by atoms with E-state index in [4.69, 9.17) is 0 Å². The first kappa shape index (κ1) is 7.59. The Kier molecular flexibility index (Phi) is 2.57. The maximum absolute atomic E-state index is 4.20. The lowest BCUT2D eigenvalue weighted by Gasteiger charge is -2.31. The normalized spacial score (nSPS) is 26.0. The first-order chi connectivity index (χ1) is 4.27. The Labute approximate surface area is 66.2 Å². The molecular weight excluding hydrogens is 176 g/mol. The third-order valence-electron chi connectivity index (χ3n) is 2.20. The molecule has 0 aromatic rings. The van der Waals surface area contributed by atoms with E-state index < -0.39 is 0 Å². The molecule has 0 atom stereocenters. The van der Waals surface area contributed by atoms with E-state index in [1.807, 2.05) is 0 Å². The molecule has 1 fully saturated rings. The molecule has 0 bridgehead atoms. The summed E-state index contributed by atoms with van der Waals surface area (Å²) < 4.78 is 0. The maximum Gasteiger partial charge on any atom is 0.00879 e. The van der Waals surface area contributed by atoms with Gasteiger partial charge in [-0.3, -0.25) is 0 Å². The van der Waals surface area contributed by atoms with Crippen molar-refractivity contribution in [3.05, 3.63) is 6.92 Å². The van der Waals surface area contributed by atoms with Crippen LogP contribution in [0.1, 0.15) is 32.1 Å². The van der Waals surface area contributed by atoms with E-state index in [2.05, 4.69) is 22.9 Å². The quantitative estimate of drug-likeness (QED) is 0.557. The zero-order valence-electron chi connectivity index (χ0n) is 5.83. The van der Waals surface area contributed by atoms with Crippen molar-refractivity contribution in [1.82, 2.24) is 0 Å². The second kappa shape index (κ2) is 3.05. The molecule has 53 valence electrons. The lowest BCUT2D eigenvalue weighted by Crippen LogP contribution is -2.21. The van der Waals surface area contributed by atoms with Gasteiger partial charge in [-0.25, -0.2) is 0 Å². The van der Waals surface area contributed by atoms with E-state index >= 15 is 0 Å². The van der Waals surface area contributed by atoms with E-state index in [0.717, 1.165) is 5.33 Å². The van der Waals surface area contributed by atoms with Crippen molar-refractivity contribution < 1.29 is 0 Å².